The second-order valence-electron chi connectivity index (χ2n) is 8.12. The van der Waals surface area contributed by atoms with E-state index in [-0.39, 0.29) is 24.9 Å². The summed E-state index contributed by atoms with van der Waals surface area (Å²) in [6.45, 7) is 7.12. The van der Waals surface area contributed by atoms with Gasteiger partial charge in [0.1, 0.15) is 18.7 Å². The van der Waals surface area contributed by atoms with Crippen molar-refractivity contribution >= 4 is 18.0 Å². The smallest absolute Gasteiger partial charge is 0.407 e. The number of alkyl carbamates (subject to hydrolysis) is 1. The molecule has 0 aromatic heterocycles. The van der Waals surface area contributed by atoms with Gasteiger partial charge in [0.05, 0.1) is 0 Å². The van der Waals surface area contributed by atoms with E-state index in [2.05, 4.69) is 17.2 Å². The molecule has 0 radical (unpaired) electrons. The van der Waals surface area contributed by atoms with Crippen LogP contribution in [0.25, 0.3) is 11.1 Å². The lowest BCUT2D eigenvalue weighted by molar-refractivity contribution is -0.143. The summed E-state index contributed by atoms with van der Waals surface area (Å²) in [5.41, 5.74) is 4.41. The van der Waals surface area contributed by atoms with Crippen molar-refractivity contribution in [3.05, 3.63) is 72.3 Å². The first-order valence-electron chi connectivity index (χ1n) is 10.6. The van der Waals surface area contributed by atoms with Gasteiger partial charge in [-0.15, -0.1) is 6.58 Å². The number of benzene rings is 2. The normalized spacial score (nSPS) is 14.1. The summed E-state index contributed by atoms with van der Waals surface area (Å²) in [7, 11) is 0. The van der Waals surface area contributed by atoms with Gasteiger partial charge < -0.3 is 20.5 Å². The number of nitrogens with one attached hydrogen (secondary N) is 2. The molecular formula is C25H28N2O5. The van der Waals surface area contributed by atoms with E-state index in [1.807, 2.05) is 48.5 Å². The highest BCUT2D eigenvalue weighted by atomic mass is 16.5. The highest BCUT2D eigenvalue weighted by Crippen LogP contribution is 2.44. The molecule has 2 amide bonds. The first-order valence-corrected chi connectivity index (χ1v) is 10.6. The molecule has 0 fully saturated rings. The Morgan fingerprint density at radius 1 is 1.03 bits per heavy atom. The summed E-state index contributed by atoms with van der Waals surface area (Å²) in [5.74, 6) is -2.14. The van der Waals surface area contributed by atoms with Crippen molar-refractivity contribution in [3.63, 3.8) is 0 Å². The maximum absolute atomic E-state index is 12.6. The van der Waals surface area contributed by atoms with E-state index in [4.69, 9.17) is 4.74 Å². The molecule has 2 atom stereocenters. The summed E-state index contributed by atoms with van der Waals surface area (Å²) >= 11 is 0. The van der Waals surface area contributed by atoms with Crippen LogP contribution < -0.4 is 10.6 Å². The molecule has 0 saturated heterocycles. The van der Waals surface area contributed by atoms with Crippen LogP contribution in [0.5, 0.6) is 0 Å². The van der Waals surface area contributed by atoms with Gasteiger partial charge in [-0.1, -0.05) is 68.5 Å². The maximum Gasteiger partial charge on any atom is 0.407 e. The molecule has 3 N–H and O–H groups in total. The van der Waals surface area contributed by atoms with Gasteiger partial charge in [0.15, 0.2) is 0 Å². The molecule has 168 valence electrons. The highest BCUT2D eigenvalue weighted by molar-refractivity contribution is 5.89. The molecule has 1 aliphatic rings. The third-order valence-electron chi connectivity index (χ3n) is 5.59. The quantitative estimate of drug-likeness (QED) is 0.520. The van der Waals surface area contributed by atoms with Crippen LogP contribution in [0.2, 0.25) is 0 Å². The van der Waals surface area contributed by atoms with Crippen molar-refractivity contribution < 1.29 is 24.2 Å². The first-order chi connectivity index (χ1) is 15.3. The lowest BCUT2D eigenvalue weighted by Crippen LogP contribution is -2.53. The maximum atomic E-state index is 12.6. The van der Waals surface area contributed by atoms with Gasteiger partial charge in [-0.3, -0.25) is 4.79 Å². The number of amides is 2. The monoisotopic (exact) mass is 436 g/mol. The average Bonchev–Trinajstić information content (AvgIpc) is 3.09. The number of carboxylic acids is 1. The van der Waals surface area contributed by atoms with E-state index >= 15 is 0 Å². The Kier molecular flexibility index (Phi) is 7.30. The van der Waals surface area contributed by atoms with Crippen molar-refractivity contribution in [2.75, 3.05) is 6.61 Å². The van der Waals surface area contributed by atoms with Gasteiger partial charge in [-0.25, -0.2) is 9.59 Å². The third-order valence-corrected chi connectivity index (χ3v) is 5.59. The van der Waals surface area contributed by atoms with Gasteiger partial charge in [0.2, 0.25) is 5.91 Å². The number of ether oxygens (including phenoxy) is 1. The number of hydrogen-bond donors (Lipinski definition) is 3. The molecule has 1 aliphatic carbocycles. The van der Waals surface area contributed by atoms with Crippen molar-refractivity contribution in [3.8, 4) is 11.1 Å². The molecule has 7 heteroatoms. The minimum atomic E-state index is -1.13. The molecule has 0 saturated carbocycles. The summed E-state index contributed by atoms with van der Waals surface area (Å²) in [4.78, 5) is 36.5. The summed E-state index contributed by atoms with van der Waals surface area (Å²) in [6, 6.07) is 14.0. The number of hydrogen-bond acceptors (Lipinski definition) is 4. The molecule has 0 heterocycles. The molecule has 1 unspecified atom stereocenters. The van der Waals surface area contributed by atoms with Crippen molar-refractivity contribution in [1.82, 2.24) is 10.6 Å². The third kappa shape index (κ3) is 4.99. The average molecular weight is 437 g/mol. The Morgan fingerprint density at radius 3 is 2.09 bits per heavy atom. The summed E-state index contributed by atoms with van der Waals surface area (Å²) in [5, 5.41) is 14.3. The van der Waals surface area contributed by atoms with Crippen LogP contribution in [0.4, 0.5) is 4.79 Å². The van der Waals surface area contributed by atoms with Crippen LogP contribution in [0, 0.1) is 5.92 Å². The van der Waals surface area contributed by atoms with E-state index in [9.17, 15) is 19.5 Å². The molecule has 0 bridgehead atoms. The fourth-order valence-electron chi connectivity index (χ4n) is 3.95. The molecule has 32 heavy (non-hydrogen) atoms. The largest absolute Gasteiger partial charge is 0.480 e. The van der Waals surface area contributed by atoms with E-state index in [1.165, 1.54) is 6.08 Å². The van der Waals surface area contributed by atoms with Gasteiger partial charge in [0.25, 0.3) is 0 Å². The zero-order chi connectivity index (χ0) is 23.3. The summed E-state index contributed by atoms with van der Waals surface area (Å²) < 4.78 is 5.49. The number of rotatable bonds is 9. The van der Waals surface area contributed by atoms with Gasteiger partial charge in [-0.05, 0) is 34.6 Å². The number of carboxylic acid groups (broad SMARTS) is 1. The predicted molar refractivity (Wildman–Crippen MR) is 121 cm³/mol. The minimum absolute atomic E-state index is 0.0998. The first kappa shape index (κ1) is 23.1. The Labute approximate surface area is 187 Å². The van der Waals surface area contributed by atoms with Crippen LogP contribution in [0.1, 0.15) is 37.3 Å². The molecule has 0 spiro atoms. The zero-order valence-corrected chi connectivity index (χ0v) is 18.2. The second kappa shape index (κ2) is 10.1. The number of carbonyl (C=O) groups excluding carboxylic acids is 2. The van der Waals surface area contributed by atoms with Crippen LogP contribution in [0.3, 0.4) is 0 Å². The van der Waals surface area contributed by atoms with E-state index in [0.29, 0.717) is 0 Å². The Bertz CT molecular complexity index is 971. The van der Waals surface area contributed by atoms with Crippen molar-refractivity contribution in [2.45, 2.75) is 38.3 Å². The summed E-state index contributed by atoms with van der Waals surface area (Å²) in [6.07, 6.45) is 0.879. The molecule has 2 aromatic carbocycles. The number of fused-ring (bicyclic) bond motifs is 3. The molecule has 0 aliphatic heterocycles. The fourth-order valence-corrected chi connectivity index (χ4v) is 3.95. The fraction of sp³-hybridized carbons (Fsp3) is 0.320. The van der Waals surface area contributed by atoms with Crippen LogP contribution in [-0.2, 0) is 14.3 Å². The molecule has 3 rings (SSSR count). The number of aliphatic carboxylic acids is 1. The molecular weight excluding hydrogens is 408 g/mol. The van der Waals surface area contributed by atoms with Gasteiger partial charge in [-0.2, -0.15) is 0 Å². The standard InChI is InChI=1S/C25H28N2O5/c1-4-9-21(23(28)27-22(15(2)3)24(29)30)26-25(31)32-14-20-18-12-7-5-10-16(18)17-11-6-8-13-19(17)20/h4-8,10-13,15,20-22H,1,9,14H2,2-3H3,(H,26,31)(H,27,28)(H,29,30)/t21?,22-/m0/s1. The second-order valence-corrected chi connectivity index (χ2v) is 8.12. The van der Waals surface area contributed by atoms with Crippen molar-refractivity contribution in [1.29, 1.82) is 0 Å². The predicted octanol–water partition coefficient (Wildman–Crippen LogP) is 3.70. The van der Waals surface area contributed by atoms with Crippen LogP contribution >= 0.6 is 0 Å². The topological polar surface area (TPSA) is 105 Å². The Balaban J connectivity index is 1.66. The van der Waals surface area contributed by atoms with E-state index < -0.39 is 30.1 Å². The van der Waals surface area contributed by atoms with Crippen LogP contribution in [-0.4, -0.2) is 41.8 Å². The Hall–Kier alpha value is -3.61. The molecule has 7 nitrogen and oxygen atoms in total. The lowest BCUT2D eigenvalue weighted by Gasteiger charge is -2.23. The highest BCUT2D eigenvalue weighted by Gasteiger charge is 2.31. The molecule has 2 aromatic rings. The lowest BCUT2D eigenvalue weighted by atomic mass is 9.98. The SMILES string of the molecule is C=CCC(NC(=O)OCC1c2ccccc2-c2ccccc21)C(=O)N[C@H](C(=O)O)C(C)C. The van der Waals surface area contributed by atoms with E-state index in [0.717, 1.165) is 22.3 Å². The van der Waals surface area contributed by atoms with E-state index in [1.54, 1.807) is 13.8 Å². The number of carbonyl (C=O) groups is 3. The zero-order valence-electron chi connectivity index (χ0n) is 18.2. The van der Waals surface area contributed by atoms with Crippen LogP contribution in [0.15, 0.2) is 61.2 Å². The Morgan fingerprint density at radius 2 is 1.59 bits per heavy atom. The van der Waals surface area contributed by atoms with Crippen molar-refractivity contribution in [2.24, 2.45) is 5.92 Å². The van der Waals surface area contributed by atoms with Gasteiger partial charge >= 0.3 is 12.1 Å². The minimum Gasteiger partial charge on any atom is -0.480 e. The van der Waals surface area contributed by atoms with Gasteiger partial charge in [0, 0.05) is 5.92 Å².